The molecule has 0 spiro atoms. The third-order valence-corrected chi connectivity index (χ3v) is 6.24. The van der Waals surface area contributed by atoms with E-state index in [0.29, 0.717) is 25.4 Å². The molecular formula is C16H22N2O4S. The van der Waals surface area contributed by atoms with Gasteiger partial charge in [-0.2, -0.15) is 4.31 Å². The first kappa shape index (κ1) is 16.4. The van der Waals surface area contributed by atoms with Gasteiger partial charge in [-0.05, 0) is 37.8 Å². The number of ether oxygens (including phenoxy) is 1. The van der Waals surface area contributed by atoms with Gasteiger partial charge in [0.15, 0.2) is 0 Å². The quantitative estimate of drug-likeness (QED) is 0.891. The van der Waals surface area contributed by atoms with Crippen molar-refractivity contribution in [2.75, 3.05) is 25.0 Å². The molecule has 3 rings (SSSR count). The molecular weight excluding hydrogens is 316 g/mol. The molecule has 0 aromatic heterocycles. The maximum atomic E-state index is 12.7. The van der Waals surface area contributed by atoms with Crippen molar-refractivity contribution in [3.05, 3.63) is 24.3 Å². The van der Waals surface area contributed by atoms with E-state index in [1.54, 1.807) is 24.3 Å². The number of rotatable bonds is 5. The van der Waals surface area contributed by atoms with E-state index in [1.165, 1.54) is 4.31 Å². The lowest BCUT2D eigenvalue weighted by molar-refractivity contribution is -0.118. The molecule has 1 aromatic rings. The molecule has 0 unspecified atom stereocenters. The Balaban J connectivity index is 1.76. The fraction of sp³-hybridized carbons (Fsp3) is 0.562. The SMILES string of the molecule is O=C(C[C@@H]1CCCO1)Nc1ccccc1S(=O)(=O)N1CCCC1. The summed E-state index contributed by atoms with van der Waals surface area (Å²) in [6, 6.07) is 6.59. The van der Waals surface area contributed by atoms with E-state index >= 15 is 0 Å². The highest BCUT2D eigenvalue weighted by molar-refractivity contribution is 7.89. The molecule has 6 nitrogen and oxygen atoms in total. The zero-order valence-corrected chi connectivity index (χ0v) is 13.8. The monoisotopic (exact) mass is 338 g/mol. The molecule has 2 heterocycles. The molecule has 1 aromatic carbocycles. The zero-order valence-electron chi connectivity index (χ0n) is 13.0. The highest BCUT2D eigenvalue weighted by atomic mass is 32.2. The number of carbonyl (C=O) groups excluding carboxylic acids is 1. The van der Waals surface area contributed by atoms with Crippen molar-refractivity contribution in [1.29, 1.82) is 0 Å². The van der Waals surface area contributed by atoms with E-state index in [9.17, 15) is 13.2 Å². The largest absolute Gasteiger partial charge is 0.378 e. The van der Waals surface area contributed by atoms with Gasteiger partial charge < -0.3 is 10.1 Å². The summed E-state index contributed by atoms with van der Waals surface area (Å²) in [5, 5.41) is 2.74. The average molecular weight is 338 g/mol. The number of nitrogens with one attached hydrogen (secondary N) is 1. The molecule has 2 aliphatic heterocycles. The first-order chi connectivity index (χ1) is 11.1. The van der Waals surface area contributed by atoms with Crippen LogP contribution in [0.2, 0.25) is 0 Å². The number of nitrogens with zero attached hydrogens (tertiary/aromatic N) is 1. The van der Waals surface area contributed by atoms with Crippen LogP contribution in [0.25, 0.3) is 0 Å². The lowest BCUT2D eigenvalue weighted by atomic mass is 10.2. The molecule has 2 saturated heterocycles. The molecule has 0 saturated carbocycles. The first-order valence-electron chi connectivity index (χ1n) is 8.08. The smallest absolute Gasteiger partial charge is 0.245 e. The van der Waals surface area contributed by atoms with Crippen LogP contribution in [0.3, 0.4) is 0 Å². The molecule has 1 N–H and O–H groups in total. The van der Waals surface area contributed by atoms with Gasteiger partial charge in [0.2, 0.25) is 15.9 Å². The van der Waals surface area contributed by atoms with E-state index < -0.39 is 10.0 Å². The third-order valence-electron chi connectivity index (χ3n) is 4.28. The van der Waals surface area contributed by atoms with Crippen LogP contribution in [0.15, 0.2) is 29.2 Å². The van der Waals surface area contributed by atoms with E-state index in [1.807, 2.05) is 0 Å². The highest BCUT2D eigenvalue weighted by Crippen LogP contribution is 2.27. The normalized spacial score (nSPS) is 22.3. The van der Waals surface area contributed by atoms with E-state index in [0.717, 1.165) is 25.7 Å². The van der Waals surface area contributed by atoms with Gasteiger partial charge in [0.1, 0.15) is 4.90 Å². The number of amides is 1. The summed E-state index contributed by atoms with van der Waals surface area (Å²) in [6.45, 7) is 1.78. The maximum absolute atomic E-state index is 12.7. The zero-order chi connectivity index (χ0) is 16.3. The van der Waals surface area contributed by atoms with Crippen LogP contribution < -0.4 is 5.32 Å². The highest BCUT2D eigenvalue weighted by Gasteiger charge is 2.29. The molecule has 23 heavy (non-hydrogen) atoms. The molecule has 2 fully saturated rings. The molecule has 0 bridgehead atoms. The second-order valence-electron chi connectivity index (χ2n) is 5.99. The number of benzene rings is 1. The number of para-hydroxylation sites is 1. The number of carbonyl (C=O) groups is 1. The van der Waals surface area contributed by atoms with Gasteiger partial charge in [-0.3, -0.25) is 4.79 Å². The number of sulfonamides is 1. The van der Waals surface area contributed by atoms with Gasteiger partial charge in [0, 0.05) is 19.7 Å². The van der Waals surface area contributed by atoms with Crippen molar-refractivity contribution in [2.45, 2.75) is 43.1 Å². The Bertz CT molecular complexity index is 662. The lowest BCUT2D eigenvalue weighted by Crippen LogP contribution is -2.29. The molecule has 1 amide bonds. The van der Waals surface area contributed by atoms with E-state index in [2.05, 4.69) is 5.32 Å². The Morgan fingerprint density at radius 3 is 2.65 bits per heavy atom. The topological polar surface area (TPSA) is 75.7 Å². The molecule has 7 heteroatoms. The second kappa shape index (κ2) is 6.98. The Labute approximate surface area is 136 Å². The first-order valence-corrected chi connectivity index (χ1v) is 9.52. The Morgan fingerprint density at radius 1 is 1.22 bits per heavy atom. The van der Waals surface area contributed by atoms with Crippen LogP contribution in [0, 0.1) is 0 Å². The van der Waals surface area contributed by atoms with Crippen molar-refractivity contribution in [1.82, 2.24) is 4.31 Å². The fourth-order valence-corrected chi connectivity index (χ4v) is 4.74. The van der Waals surface area contributed by atoms with Gasteiger partial charge >= 0.3 is 0 Å². The maximum Gasteiger partial charge on any atom is 0.245 e. The van der Waals surface area contributed by atoms with Crippen molar-refractivity contribution in [2.24, 2.45) is 0 Å². The van der Waals surface area contributed by atoms with Gasteiger partial charge in [-0.25, -0.2) is 8.42 Å². The predicted molar refractivity (Wildman–Crippen MR) is 86.7 cm³/mol. The fourth-order valence-electron chi connectivity index (χ4n) is 3.08. The van der Waals surface area contributed by atoms with Crippen LogP contribution in [0.5, 0.6) is 0 Å². The van der Waals surface area contributed by atoms with Crippen molar-refractivity contribution in [3.63, 3.8) is 0 Å². The summed E-state index contributed by atoms with van der Waals surface area (Å²) in [6.07, 6.45) is 3.81. The Hall–Kier alpha value is -1.44. The van der Waals surface area contributed by atoms with Crippen LogP contribution in [0.1, 0.15) is 32.1 Å². The van der Waals surface area contributed by atoms with Gasteiger partial charge in [0.25, 0.3) is 0 Å². The molecule has 0 aliphatic carbocycles. The second-order valence-corrected chi connectivity index (χ2v) is 7.90. The van der Waals surface area contributed by atoms with Crippen molar-refractivity contribution in [3.8, 4) is 0 Å². The third kappa shape index (κ3) is 3.73. The Morgan fingerprint density at radius 2 is 1.96 bits per heavy atom. The van der Waals surface area contributed by atoms with E-state index in [4.69, 9.17) is 4.74 Å². The summed E-state index contributed by atoms with van der Waals surface area (Å²) in [5.41, 5.74) is 0.349. The van der Waals surface area contributed by atoms with Crippen LogP contribution in [0.4, 0.5) is 5.69 Å². The molecule has 2 aliphatic rings. The minimum absolute atomic E-state index is 0.0580. The predicted octanol–water partition coefficient (Wildman–Crippen LogP) is 1.98. The molecule has 126 valence electrons. The molecule has 0 radical (unpaired) electrons. The number of anilines is 1. The lowest BCUT2D eigenvalue weighted by Gasteiger charge is -2.18. The molecule has 1 atom stereocenters. The van der Waals surface area contributed by atoms with Gasteiger partial charge in [-0.1, -0.05) is 12.1 Å². The summed E-state index contributed by atoms with van der Waals surface area (Å²) < 4.78 is 32.4. The summed E-state index contributed by atoms with van der Waals surface area (Å²) in [7, 11) is -3.55. The van der Waals surface area contributed by atoms with Crippen LogP contribution in [-0.2, 0) is 19.6 Å². The minimum Gasteiger partial charge on any atom is -0.378 e. The summed E-state index contributed by atoms with van der Waals surface area (Å²) in [4.78, 5) is 12.3. The summed E-state index contributed by atoms with van der Waals surface area (Å²) >= 11 is 0. The van der Waals surface area contributed by atoms with Crippen molar-refractivity contribution < 1.29 is 17.9 Å². The summed E-state index contributed by atoms with van der Waals surface area (Å²) in [5.74, 6) is -0.207. The van der Waals surface area contributed by atoms with Gasteiger partial charge in [-0.15, -0.1) is 0 Å². The van der Waals surface area contributed by atoms with Crippen LogP contribution >= 0.6 is 0 Å². The van der Waals surface area contributed by atoms with E-state index in [-0.39, 0.29) is 23.3 Å². The van der Waals surface area contributed by atoms with Crippen LogP contribution in [-0.4, -0.2) is 44.4 Å². The number of hydrogen-bond donors (Lipinski definition) is 1. The standard InChI is InChI=1S/C16H22N2O4S/c19-16(12-13-6-5-11-22-13)17-14-7-1-2-8-15(14)23(20,21)18-9-3-4-10-18/h1-2,7-8,13H,3-6,9-12H2,(H,17,19)/t13-/m0/s1. The minimum atomic E-state index is -3.55. The van der Waals surface area contributed by atoms with Crippen molar-refractivity contribution >= 4 is 21.6 Å². The Kier molecular flexibility index (Phi) is 4.99. The van der Waals surface area contributed by atoms with Gasteiger partial charge in [0.05, 0.1) is 18.2 Å². The number of hydrogen-bond acceptors (Lipinski definition) is 4. The average Bonchev–Trinajstić information content (AvgIpc) is 3.21.